The third-order valence-corrected chi connectivity index (χ3v) is 2.92. The highest BCUT2D eigenvalue weighted by Crippen LogP contribution is 2.29. The lowest BCUT2D eigenvalue weighted by atomic mass is 10.2. The molecule has 0 radical (unpaired) electrons. The summed E-state index contributed by atoms with van der Waals surface area (Å²) in [4.78, 5) is 24.9. The molecule has 1 rings (SSSR count). The Morgan fingerprint density at radius 2 is 1.62 bits per heavy atom. The monoisotopic (exact) mass is 302 g/mol. The van der Waals surface area contributed by atoms with E-state index < -0.39 is 17.6 Å². The number of anilines is 1. The van der Waals surface area contributed by atoms with Gasteiger partial charge in [-0.05, 0) is 38.1 Å². The van der Waals surface area contributed by atoms with Crippen LogP contribution in [0.3, 0.4) is 0 Å². The number of hydrogen-bond donors (Lipinski definition) is 1. The Hall–Kier alpha value is -2.05. The molecule has 0 saturated heterocycles. The van der Waals surface area contributed by atoms with Crippen LogP contribution in [0.1, 0.15) is 25.8 Å². The van der Waals surface area contributed by atoms with Crippen LogP contribution in [-0.4, -0.2) is 29.8 Å². The molecule has 0 aromatic heterocycles. The first-order valence-corrected chi connectivity index (χ1v) is 6.52. The summed E-state index contributed by atoms with van der Waals surface area (Å²) in [6, 6.07) is 4.06. The summed E-state index contributed by atoms with van der Waals surface area (Å²) in [7, 11) is 0. The van der Waals surface area contributed by atoms with Crippen LogP contribution in [0, 0.1) is 0 Å². The normalized spacial score (nSPS) is 11.1. The second kappa shape index (κ2) is 7.10. The summed E-state index contributed by atoms with van der Waals surface area (Å²) in [6.07, 6.45) is -4.75. The Morgan fingerprint density at radius 3 is 2.05 bits per heavy atom. The number of benzene rings is 1. The molecule has 7 heteroatoms. The molecule has 1 aromatic rings. The van der Waals surface area contributed by atoms with E-state index in [0.717, 1.165) is 24.3 Å². The average Bonchev–Trinajstić information content (AvgIpc) is 2.39. The van der Waals surface area contributed by atoms with Crippen molar-refractivity contribution in [3.05, 3.63) is 29.8 Å². The van der Waals surface area contributed by atoms with Crippen LogP contribution < -0.4 is 5.32 Å². The van der Waals surface area contributed by atoms with Crippen molar-refractivity contribution >= 4 is 17.5 Å². The quantitative estimate of drug-likeness (QED) is 0.850. The van der Waals surface area contributed by atoms with Crippen molar-refractivity contribution in [2.24, 2.45) is 0 Å². The van der Waals surface area contributed by atoms with Crippen molar-refractivity contribution in [1.82, 2.24) is 4.90 Å². The zero-order valence-electron chi connectivity index (χ0n) is 11.8. The number of carbonyl (C=O) groups excluding carboxylic acids is 2. The number of carbonyl (C=O) groups is 2. The zero-order chi connectivity index (χ0) is 16.0. The molecule has 0 unspecified atom stereocenters. The fourth-order valence-electron chi connectivity index (χ4n) is 1.77. The molecule has 0 spiro atoms. The number of halogens is 3. The smallest absolute Gasteiger partial charge is 0.343 e. The molecule has 0 bridgehead atoms. The molecule has 0 heterocycles. The lowest BCUT2D eigenvalue weighted by Gasteiger charge is -2.18. The van der Waals surface area contributed by atoms with Gasteiger partial charge >= 0.3 is 6.18 Å². The van der Waals surface area contributed by atoms with E-state index in [1.165, 1.54) is 4.90 Å². The minimum atomic E-state index is -4.42. The van der Waals surface area contributed by atoms with E-state index in [4.69, 9.17) is 0 Å². The number of rotatable bonds is 5. The van der Waals surface area contributed by atoms with Gasteiger partial charge in [0.25, 0.3) is 0 Å². The zero-order valence-corrected chi connectivity index (χ0v) is 11.8. The highest BCUT2D eigenvalue weighted by molar-refractivity contribution is 6.03. The predicted octanol–water partition coefficient (Wildman–Crippen LogP) is 2.90. The summed E-state index contributed by atoms with van der Waals surface area (Å²) in [5, 5.41) is 2.40. The molecule has 4 nitrogen and oxygen atoms in total. The van der Waals surface area contributed by atoms with E-state index >= 15 is 0 Å². The average molecular weight is 302 g/mol. The second-order valence-electron chi connectivity index (χ2n) is 4.37. The Kier molecular flexibility index (Phi) is 5.75. The van der Waals surface area contributed by atoms with Crippen molar-refractivity contribution in [2.45, 2.75) is 26.4 Å². The molecule has 21 heavy (non-hydrogen) atoms. The van der Waals surface area contributed by atoms with Gasteiger partial charge in [-0.1, -0.05) is 0 Å². The summed E-state index contributed by atoms with van der Waals surface area (Å²) in [5.41, 5.74) is -0.569. The molecule has 1 aromatic carbocycles. The first-order valence-electron chi connectivity index (χ1n) is 6.52. The molecular weight excluding hydrogens is 285 g/mol. The number of hydrogen-bond acceptors (Lipinski definition) is 2. The molecule has 0 atom stereocenters. The van der Waals surface area contributed by atoms with Gasteiger partial charge in [0.1, 0.15) is 6.42 Å². The largest absolute Gasteiger partial charge is 0.416 e. The summed E-state index contributed by atoms with van der Waals surface area (Å²) < 4.78 is 37.2. The molecular formula is C14H17F3N2O2. The lowest BCUT2D eigenvalue weighted by molar-refractivity contribution is -0.137. The summed E-state index contributed by atoms with van der Waals surface area (Å²) in [6.45, 7) is 4.61. The molecule has 0 fully saturated rings. The van der Waals surface area contributed by atoms with Gasteiger partial charge in [-0.3, -0.25) is 9.59 Å². The Balaban J connectivity index is 2.61. The summed E-state index contributed by atoms with van der Waals surface area (Å²) in [5.74, 6) is -0.865. The van der Waals surface area contributed by atoms with Crippen LogP contribution >= 0.6 is 0 Å². The van der Waals surface area contributed by atoms with E-state index in [-0.39, 0.29) is 18.0 Å². The Morgan fingerprint density at radius 1 is 1.10 bits per heavy atom. The van der Waals surface area contributed by atoms with E-state index in [0.29, 0.717) is 13.1 Å². The van der Waals surface area contributed by atoms with E-state index in [2.05, 4.69) is 5.32 Å². The summed E-state index contributed by atoms with van der Waals surface area (Å²) >= 11 is 0. The molecule has 0 aliphatic heterocycles. The molecule has 0 saturated carbocycles. The first kappa shape index (κ1) is 17.0. The van der Waals surface area contributed by atoms with E-state index in [1.807, 2.05) is 0 Å². The maximum absolute atomic E-state index is 12.4. The predicted molar refractivity (Wildman–Crippen MR) is 72.6 cm³/mol. The fourth-order valence-corrected chi connectivity index (χ4v) is 1.77. The SMILES string of the molecule is CCN(CC)C(=O)CC(=O)Nc1ccc(C(F)(F)F)cc1. The Labute approximate surface area is 120 Å². The molecule has 0 aliphatic rings. The van der Waals surface area contributed by atoms with Crippen molar-refractivity contribution in [2.75, 3.05) is 18.4 Å². The topological polar surface area (TPSA) is 49.4 Å². The van der Waals surface area contributed by atoms with Crippen LogP contribution in [0.15, 0.2) is 24.3 Å². The molecule has 116 valence electrons. The van der Waals surface area contributed by atoms with Crippen molar-refractivity contribution in [3.8, 4) is 0 Å². The van der Waals surface area contributed by atoms with Crippen molar-refractivity contribution < 1.29 is 22.8 Å². The van der Waals surface area contributed by atoms with Gasteiger partial charge in [0.15, 0.2) is 0 Å². The molecule has 1 N–H and O–H groups in total. The second-order valence-corrected chi connectivity index (χ2v) is 4.37. The third-order valence-electron chi connectivity index (χ3n) is 2.92. The van der Waals surface area contributed by atoms with Crippen molar-refractivity contribution in [3.63, 3.8) is 0 Å². The third kappa shape index (κ3) is 5.09. The van der Waals surface area contributed by atoms with Crippen LogP contribution in [0.2, 0.25) is 0 Å². The fraction of sp³-hybridized carbons (Fsp3) is 0.429. The van der Waals surface area contributed by atoms with Crippen LogP contribution in [-0.2, 0) is 15.8 Å². The van der Waals surface area contributed by atoms with Crippen molar-refractivity contribution in [1.29, 1.82) is 0 Å². The lowest BCUT2D eigenvalue weighted by Crippen LogP contribution is -2.33. The molecule has 0 aliphatic carbocycles. The maximum atomic E-state index is 12.4. The highest BCUT2D eigenvalue weighted by atomic mass is 19.4. The van der Waals surface area contributed by atoms with Gasteiger partial charge in [-0.25, -0.2) is 0 Å². The number of nitrogens with zero attached hydrogens (tertiary/aromatic N) is 1. The minimum absolute atomic E-state index is 0.223. The van der Waals surface area contributed by atoms with Gasteiger partial charge in [-0.2, -0.15) is 13.2 Å². The number of alkyl halides is 3. The van der Waals surface area contributed by atoms with Gasteiger partial charge in [0.05, 0.1) is 5.56 Å². The van der Waals surface area contributed by atoms with Crippen LogP contribution in [0.4, 0.5) is 18.9 Å². The standard InChI is InChI=1S/C14H17F3N2O2/c1-3-19(4-2)13(21)9-12(20)18-11-7-5-10(6-8-11)14(15,16)17/h5-8H,3-4,9H2,1-2H3,(H,18,20). The van der Waals surface area contributed by atoms with Gasteiger partial charge in [0.2, 0.25) is 11.8 Å². The first-order chi connectivity index (χ1) is 9.77. The number of nitrogens with one attached hydrogen (secondary N) is 1. The minimum Gasteiger partial charge on any atom is -0.343 e. The van der Waals surface area contributed by atoms with Crippen LogP contribution in [0.25, 0.3) is 0 Å². The highest BCUT2D eigenvalue weighted by Gasteiger charge is 2.30. The molecule has 2 amide bonds. The van der Waals surface area contributed by atoms with Gasteiger partial charge in [0, 0.05) is 18.8 Å². The van der Waals surface area contributed by atoms with E-state index in [9.17, 15) is 22.8 Å². The van der Waals surface area contributed by atoms with Gasteiger partial charge < -0.3 is 10.2 Å². The maximum Gasteiger partial charge on any atom is 0.416 e. The Bertz CT molecular complexity index is 494. The van der Waals surface area contributed by atoms with Gasteiger partial charge in [-0.15, -0.1) is 0 Å². The van der Waals surface area contributed by atoms with E-state index in [1.54, 1.807) is 13.8 Å². The number of amides is 2. The van der Waals surface area contributed by atoms with Crippen LogP contribution in [0.5, 0.6) is 0 Å².